The molecule has 1 aliphatic heterocycles. The van der Waals surface area contributed by atoms with E-state index in [1.165, 1.54) is 0 Å². The van der Waals surface area contributed by atoms with Crippen LogP contribution < -0.4 is 4.74 Å². The zero-order valence-electron chi connectivity index (χ0n) is 14.6. The molecule has 0 amide bonds. The number of nitrogens with one attached hydrogen (secondary N) is 1. The summed E-state index contributed by atoms with van der Waals surface area (Å²) in [5.41, 5.74) is 2.79. The molecule has 2 aromatic heterocycles. The highest BCUT2D eigenvalue weighted by atomic mass is 19.1. The second-order valence-corrected chi connectivity index (χ2v) is 6.49. The largest absolute Gasteiger partial charge is 0.497 e. The maximum atomic E-state index is 14.4. The normalized spacial score (nSPS) is 20.7. The number of fused-ring (bicyclic) bond motifs is 1. The first-order valence-electron chi connectivity index (χ1n) is 8.61. The second-order valence-electron chi connectivity index (χ2n) is 6.49. The van der Waals surface area contributed by atoms with E-state index in [2.05, 4.69) is 19.9 Å². The fourth-order valence-corrected chi connectivity index (χ4v) is 3.29. The van der Waals surface area contributed by atoms with Gasteiger partial charge in [0.05, 0.1) is 24.3 Å². The molecule has 1 aliphatic rings. The molecule has 0 bridgehead atoms. The molecule has 1 fully saturated rings. The van der Waals surface area contributed by atoms with Crippen molar-refractivity contribution in [1.29, 1.82) is 0 Å². The van der Waals surface area contributed by atoms with Crippen LogP contribution in [0.5, 0.6) is 5.75 Å². The predicted molar refractivity (Wildman–Crippen MR) is 95.6 cm³/mol. The standard InChI is InChI=1S/C19H21FN4O2/c1-25-14-4-2-3-13(7-14)9-24-10-15(20)18(11-24)26-12-19-22-16-5-6-21-8-17(16)23-19/h2-8,15,18H,9-12H2,1H3,(H,22,23). The minimum absolute atomic E-state index is 0.257. The van der Waals surface area contributed by atoms with Crippen LogP contribution in [-0.4, -0.2) is 52.3 Å². The van der Waals surface area contributed by atoms with Gasteiger partial charge in [0.1, 0.15) is 30.5 Å². The predicted octanol–water partition coefficient (Wildman–Crippen LogP) is 2.71. The molecule has 0 spiro atoms. The van der Waals surface area contributed by atoms with Gasteiger partial charge in [-0.2, -0.15) is 0 Å². The molecule has 1 N–H and O–H groups in total. The maximum Gasteiger partial charge on any atom is 0.140 e. The first kappa shape index (κ1) is 16.9. The fraction of sp³-hybridized carbons (Fsp3) is 0.368. The SMILES string of the molecule is COc1cccc(CN2CC(F)C(OCc3nc4ccncc4[nH]3)C2)c1. The number of benzene rings is 1. The number of ether oxygens (including phenoxy) is 2. The molecule has 4 rings (SSSR count). The Bertz CT molecular complexity index is 852. The van der Waals surface area contributed by atoms with Crippen molar-refractivity contribution in [2.75, 3.05) is 20.2 Å². The summed E-state index contributed by atoms with van der Waals surface area (Å²) in [5.74, 6) is 1.50. The van der Waals surface area contributed by atoms with Gasteiger partial charge in [-0.15, -0.1) is 0 Å². The van der Waals surface area contributed by atoms with Crippen molar-refractivity contribution in [1.82, 2.24) is 19.9 Å². The Labute approximate surface area is 151 Å². The van der Waals surface area contributed by atoms with E-state index in [4.69, 9.17) is 9.47 Å². The number of methoxy groups -OCH3 is 1. The molecule has 3 aromatic rings. The van der Waals surface area contributed by atoms with Crippen molar-refractivity contribution in [2.24, 2.45) is 0 Å². The van der Waals surface area contributed by atoms with E-state index in [1.54, 1.807) is 19.5 Å². The number of H-pyrrole nitrogens is 1. The average molecular weight is 356 g/mol. The lowest BCUT2D eigenvalue weighted by molar-refractivity contribution is 0.00863. The number of hydrogen-bond acceptors (Lipinski definition) is 5. The van der Waals surface area contributed by atoms with Crippen LogP contribution in [0.3, 0.4) is 0 Å². The van der Waals surface area contributed by atoms with Crippen LogP contribution >= 0.6 is 0 Å². The van der Waals surface area contributed by atoms with Crippen LogP contribution in [0.15, 0.2) is 42.7 Å². The van der Waals surface area contributed by atoms with E-state index in [1.807, 2.05) is 30.3 Å². The van der Waals surface area contributed by atoms with Crippen molar-refractivity contribution in [3.8, 4) is 5.75 Å². The van der Waals surface area contributed by atoms with Crippen molar-refractivity contribution >= 4 is 11.0 Å². The number of halogens is 1. The molecular formula is C19H21FN4O2. The van der Waals surface area contributed by atoms with Gasteiger partial charge in [0, 0.05) is 25.8 Å². The number of aromatic amines is 1. The summed E-state index contributed by atoms with van der Waals surface area (Å²) in [6.45, 7) is 1.85. The molecule has 0 radical (unpaired) electrons. The Morgan fingerprint density at radius 3 is 3.08 bits per heavy atom. The number of rotatable bonds is 6. The van der Waals surface area contributed by atoms with E-state index in [0.29, 0.717) is 25.5 Å². The quantitative estimate of drug-likeness (QED) is 0.736. The lowest BCUT2D eigenvalue weighted by atomic mass is 10.2. The van der Waals surface area contributed by atoms with E-state index < -0.39 is 12.3 Å². The Morgan fingerprint density at radius 2 is 2.23 bits per heavy atom. The Morgan fingerprint density at radius 1 is 1.31 bits per heavy atom. The number of pyridine rings is 1. The number of likely N-dealkylation sites (tertiary alicyclic amines) is 1. The van der Waals surface area contributed by atoms with Crippen molar-refractivity contribution in [3.63, 3.8) is 0 Å². The molecule has 7 heteroatoms. The van der Waals surface area contributed by atoms with Gasteiger partial charge in [-0.3, -0.25) is 9.88 Å². The van der Waals surface area contributed by atoms with Crippen LogP contribution in [0.25, 0.3) is 11.0 Å². The van der Waals surface area contributed by atoms with Gasteiger partial charge in [-0.05, 0) is 23.8 Å². The highest BCUT2D eigenvalue weighted by Gasteiger charge is 2.33. The topological polar surface area (TPSA) is 63.3 Å². The molecule has 136 valence electrons. The summed E-state index contributed by atoms with van der Waals surface area (Å²) in [6, 6.07) is 9.68. The number of aromatic nitrogens is 3. The molecule has 2 unspecified atom stereocenters. The van der Waals surface area contributed by atoms with Crippen LogP contribution in [0, 0.1) is 0 Å². The number of nitrogens with zero attached hydrogens (tertiary/aromatic N) is 3. The van der Waals surface area contributed by atoms with Gasteiger partial charge in [0.2, 0.25) is 0 Å². The molecule has 2 atom stereocenters. The molecule has 0 saturated carbocycles. The molecule has 26 heavy (non-hydrogen) atoms. The molecule has 6 nitrogen and oxygen atoms in total. The third kappa shape index (κ3) is 3.68. The van der Waals surface area contributed by atoms with E-state index in [-0.39, 0.29) is 6.61 Å². The summed E-state index contributed by atoms with van der Waals surface area (Å²) >= 11 is 0. The van der Waals surface area contributed by atoms with E-state index in [9.17, 15) is 4.39 Å². The Kier molecular flexibility index (Phi) is 4.81. The van der Waals surface area contributed by atoms with Crippen LogP contribution in [0.4, 0.5) is 4.39 Å². The van der Waals surface area contributed by atoms with Gasteiger partial charge < -0.3 is 14.5 Å². The molecule has 0 aliphatic carbocycles. The van der Waals surface area contributed by atoms with E-state index >= 15 is 0 Å². The number of alkyl halides is 1. The monoisotopic (exact) mass is 356 g/mol. The van der Waals surface area contributed by atoms with Crippen LogP contribution in [0.1, 0.15) is 11.4 Å². The Balaban J connectivity index is 1.34. The zero-order valence-corrected chi connectivity index (χ0v) is 14.6. The van der Waals surface area contributed by atoms with Gasteiger partial charge >= 0.3 is 0 Å². The lowest BCUT2D eigenvalue weighted by Gasteiger charge is -2.16. The summed E-state index contributed by atoms with van der Waals surface area (Å²) < 4.78 is 25.4. The average Bonchev–Trinajstić information content (AvgIpc) is 3.22. The fourth-order valence-electron chi connectivity index (χ4n) is 3.29. The van der Waals surface area contributed by atoms with Crippen molar-refractivity contribution in [2.45, 2.75) is 25.4 Å². The highest BCUT2D eigenvalue weighted by Crippen LogP contribution is 2.22. The highest BCUT2D eigenvalue weighted by molar-refractivity contribution is 5.73. The first-order valence-corrected chi connectivity index (χ1v) is 8.61. The molecule has 3 heterocycles. The van der Waals surface area contributed by atoms with Gasteiger partial charge in [0.25, 0.3) is 0 Å². The summed E-state index contributed by atoms with van der Waals surface area (Å²) in [4.78, 5) is 13.7. The van der Waals surface area contributed by atoms with Gasteiger partial charge in [0.15, 0.2) is 0 Å². The Hall–Kier alpha value is -2.51. The van der Waals surface area contributed by atoms with Crippen molar-refractivity contribution in [3.05, 3.63) is 54.1 Å². The third-order valence-corrected chi connectivity index (χ3v) is 4.58. The smallest absolute Gasteiger partial charge is 0.140 e. The second kappa shape index (κ2) is 7.39. The van der Waals surface area contributed by atoms with Gasteiger partial charge in [-0.25, -0.2) is 9.37 Å². The van der Waals surface area contributed by atoms with Crippen LogP contribution in [0.2, 0.25) is 0 Å². The molecule has 1 saturated heterocycles. The summed E-state index contributed by atoms with van der Waals surface area (Å²) in [6.07, 6.45) is 1.95. The number of imidazole rings is 1. The van der Waals surface area contributed by atoms with E-state index in [0.717, 1.165) is 22.3 Å². The van der Waals surface area contributed by atoms with Gasteiger partial charge in [-0.1, -0.05) is 12.1 Å². The lowest BCUT2D eigenvalue weighted by Crippen LogP contribution is -2.24. The first-order chi connectivity index (χ1) is 12.7. The van der Waals surface area contributed by atoms with Crippen molar-refractivity contribution < 1.29 is 13.9 Å². The third-order valence-electron chi connectivity index (χ3n) is 4.58. The zero-order chi connectivity index (χ0) is 17.9. The van der Waals surface area contributed by atoms with Crippen LogP contribution in [-0.2, 0) is 17.9 Å². The summed E-state index contributed by atoms with van der Waals surface area (Å²) in [7, 11) is 1.64. The molecule has 1 aromatic carbocycles. The molecular weight excluding hydrogens is 335 g/mol. The number of hydrogen-bond donors (Lipinski definition) is 1. The minimum atomic E-state index is -1.01. The maximum absolute atomic E-state index is 14.4. The minimum Gasteiger partial charge on any atom is -0.497 e. The summed E-state index contributed by atoms with van der Waals surface area (Å²) in [5, 5.41) is 0.